The summed E-state index contributed by atoms with van der Waals surface area (Å²) in [4.78, 5) is 0. The van der Waals surface area contributed by atoms with E-state index in [9.17, 15) is 13.2 Å². The number of alkyl halides is 3. The van der Waals surface area contributed by atoms with Gasteiger partial charge in [0.2, 0.25) is 0 Å². The van der Waals surface area contributed by atoms with Crippen molar-refractivity contribution in [1.82, 2.24) is 0 Å². The smallest absolute Gasteiger partial charge is 0.283 e. The summed E-state index contributed by atoms with van der Waals surface area (Å²) in [5.41, 5.74) is 0.963. The molecule has 0 amide bonds. The molecule has 0 saturated heterocycles. The van der Waals surface area contributed by atoms with Gasteiger partial charge in [-0.15, -0.1) is 0 Å². The molecule has 1 rings (SSSR count). The summed E-state index contributed by atoms with van der Waals surface area (Å²) in [7, 11) is -1.84. The van der Waals surface area contributed by atoms with Gasteiger partial charge >= 0.3 is 6.18 Å². The van der Waals surface area contributed by atoms with E-state index in [1.165, 1.54) is 12.1 Å². The van der Waals surface area contributed by atoms with Crippen LogP contribution in [0.1, 0.15) is 45.2 Å². The average molecular weight is 327 g/mol. The summed E-state index contributed by atoms with van der Waals surface area (Å²) in [5, 5.41) is 0.110. The fourth-order valence-electron chi connectivity index (χ4n) is 1.58. The molecule has 22 heavy (non-hydrogen) atoms. The van der Waals surface area contributed by atoms with Gasteiger partial charge in [-0.05, 0) is 48.1 Å². The van der Waals surface area contributed by atoms with Crippen molar-refractivity contribution in [3.63, 3.8) is 0 Å². The van der Waals surface area contributed by atoms with Crippen molar-refractivity contribution in [2.75, 3.05) is 0 Å². The molecular formula is C17H24F3NSi. The monoisotopic (exact) mass is 327 g/mol. The lowest BCUT2D eigenvalue weighted by atomic mass is 10.0. The Morgan fingerprint density at radius 3 is 1.95 bits per heavy atom. The van der Waals surface area contributed by atoms with E-state index in [1.807, 2.05) is 6.92 Å². The first-order chi connectivity index (χ1) is 9.88. The Labute approximate surface area is 132 Å². The zero-order valence-electron chi connectivity index (χ0n) is 14.1. The third-order valence-electron chi connectivity index (χ3n) is 4.22. The number of nitrogens with zero attached hydrogens (tertiary/aromatic N) is 1. The van der Waals surface area contributed by atoms with Crippen LogP contribution in [0.15, 0.2) is 28.9 Å². The van der Waals surface area contributed by atoms with Crippen LogP contribution in [0.4, 0.5) is 13.2 Å². The van der Waals surface area contributed by atoms with E-state index in [4.69, 9.17) is 0 Å². The molecule has 0 bridgehead atoms. The van der Waals surface area contributed by atoms with E-state index in [0.717, 1.165) is 23.3 Å². The maximum Gasteiger partial charge on any atom is 0.416 e. The number of rotatable bonds is 3. The van der Waals surface area contributed by atoms with Crippen molar-refractivity contribution in [3.8, 4) is 0 Å². The molecule has 1 aromatic carbocycles. The highest BCUT2D eigenvalue weighted by Crippen LogP contribution is 2.36. The third-order valence-corrected chi connectivity index (χ3v) is 8.56. The highest BCUT2D eigenvalue weighted by atomic mass is 28.3. The second kappa shape index (κ2) is 6.43. The van der Waals surface area contributed by atoms with Gasteiger partial charge in [-0.25, -0.2) is 0 Å². The lowest BCUT2D eigenvalue weighted by Gasteiger charge is -2.31. The molecule has 0 aliphatic carbocycles. The lowest BCUT2D eigenvalue weighted by molar-refractivity contribution is -0.137. The van der Waals surface area contributed by atoms with Crippen LogP contribution >= 0.6 is 0 Å². The minimum absolute atomic E-state index is 0.110. The molecule has 0 aromatic heterocycles. The molecule has 0 aliphatic heterocycles. The molecule has 0 aliphatic rings. The van der Waals surface area contributed by atoms with Crippen molar-refractivity contribution >= 4 is 19.7 Å². The fraction of sp³-hybridized carbons (Fsp3) is 0.529. The van der Waals surface area contributed by atoms with Gasteiger partial charge in [0.25, 0.3) is 0 Å². The molecule has 0 fully saturated rings. The molecule has 0 saturated carbocycles. The van der Waals surface area contributed by atoms with Gasteiger partial charge < -0.3 is 0 Å². The first-order valence-corrected chi connectivity index (χ1v) is 10.3. The van der Waals surface area contributed by atoms with E-state index < -0.39 is 20.0 Å². The topological polar surface area (TPSA) is 12.4 Å². The van der Waals surface area contributed by atoms with Crippen LogP contribution in [0.3, 0.4) is 0 Å². The SMILES string of the molecule is CCC(=C=N[Si](C)(C)C(C)(C)C)c1ccc(C(F)(F)F)cc1. The van der Waals surface area contributed by atoms with Gasteiger partial charge in [0.1, 0.15) is 0 Å². The van der Waals surface area contributed by atoms with Crippen LogP contribution in [-0.4, -0.2) is 14.1 Å². The summed E-state index contributed by atoms with van der Waals surface area (Å²) >= 11 is 0. The van der Waals surface area contributed by atoms with Crippen molar-refractivity contribution in [1.29, 1.82) is 0 Å². The standard InChI is InChI=1S/C17H24F3NSi/c1-7-13(12-21-22(5,6)16(2,3)4)14-8-10-15(11-9-14)17(18,19)20/h8-11H,7H2,1-6H3. The van der Waals surface area contributed by atoms with Gasteiger partial charge in [-0.2, -0.15) is 13.2 Å². The molecule has 0 heterocycles. The summed E-state index contributed by atoms with van der Waals surface area (Å²) in [6, 6.07) is 5.21. The normalized spacial score (nSPS) is 12.8. The molecule has 0 radical (unpaired) electrons. The first kappa shape index (κ1) is 18.7. The summed E-state index contributed by atoms with van der Waals surface area (Å²) in [5.74, 6) is 3.11. The molecule has 0 spiro atoms. The molecule has 0 unspecified atom stereocenters. The maximum absolute atomic E-state index is 12.6. The largest absolute Gasteiger partial charge is 0.416 e. The highest BCUT2D eigenvalue weighted by molar-refractivity contribution is 6.79. The molecule has 5 heteroatoms. The van der Waals surface area contributed by atoms with Crippen molar-refractivity contribution in [2.45, 2.75) is 58.4 Å². The van der Waals surface area contributed by atoms with Gasteiger partial charge in [0, 0.05) is 5.57 Å². The molecule has 0 atom stereocenters. The fourth-order valence-corrected chi connectivity index (χ4v) is 2.33. The van der Waals surface area contributed by atoms with Crippen molar-refractivity contribution < 1.29 is 13.2 Å². The van der Waals surface area contributed by atoms with Crippen LogP contribution in [0, 0.1) is 0 Å². The Kier molecular flexibility index (Phi) is 5.47. The number of allylic oxidation sites excluding steroid dienone is 1. The van der Waals surface area contributed by atoms with Crippen molar-refractivity contribution in [3.05, 3.63) is 35.4 Å². The van der Waals surface area contributed by atoms with Crippen LogP contribution < -0.4 is 0 Å². The van der Waals surface area contributed by atoms with Crippen LogP contribution in [0.25, 0.3) is 5.57 Å². The number of hydrogen-bond acceptors (Lipinski definition) is 1. The predicted octanol–water partition coefficient (Wildman–Crippen LogP) is 6.17. The Morgan fingerprint density at radius 1 is 1.09 bits per heavy atom. The Morgan fingerprint density at radius 2 is 1.59 bits per heavy atom. The van der Waals surface area contributed by atoms with Crippen molar-refractivity contribution in [2.24, 2.45) is 4.66 Å². The van der Waals surface area contributed by atoms with Crippen LogP contribution in [0.2, 0.25) is 18.1 Å². The van der Waals surface area contributed by atoms with Gasteiger partial charge in [0.15, 0.2) is 8.24 Å². The van der Waals surface area contributed by atoms with Crippen LogP contribution in [-0.2, 0) is 6.18 Å². The maximum atomic E-state index is 12.6. The van der Waals surface area contributed by atoms with Gasteiger partial charge in [-0.1, -0.05) is 39.8 Å². The summed E-state index contributed by atoms with van der Waals surface area (Å²) in [6.07, 6.45) is -3.62. The zero-order valence-corrected chi connectivity index (χ0v) is 15.1. The molecular weight excluding hydrogens is 303 g/mol. The van der Waals surface area contributed by atoms with E-state index in [0.29, 0.717) is 6.42 Å². The van der Waals surface area contributed by atoms with E-state index in [-0.39, 0.29) is 5.04 Å². The van der Waals surface area contributed by atoms with E-state index in [1.54, 1.807) is 0 Å². The van der Waals surface area contributed by atoms with Gasteiger partial charge in [-0.3, -0.25) is 4.66 Å². The molecule has 0 N–H and O–H groups in total. The van der Waals surface area contributed by atoms with E-state index >= 15 is 0 Å². The Bertz CT molecular complexity index is 571. The Hall–Kier alpha value is -1.32. The minimum atomic E-state index is -4.30. The molecule has 1 aromatic rings. The third kappa shape index (κ3) is 4.59. The lowest BCUT2D eigenvalue weighted by Crippen LogP contribution is -2.34. The zero-order chi connectivity index (χ0) is 17.2. The number of benzene rings is 1. The highest BCUT2D eigenvalue weighted by Gasteiger charge is 2.35. The second-order valence-electron chi connectivity index (χ2n) is 6.94. The second-order valence-corrected chi connectivity index (χ2v) is 11.8. The average Bonchev–Trinajstić information content (AvgIpc) is 2.37. The first-order valence-electron chi connectivity index (χ1n) is 7.40. The quantitative estimate of drug-likeness (QED) is 0.465. The van der Waals surface area contributed by atoms with E-state index in [2.05, 4.69) is 44.4 Å². The Balaban J connectivity index is 3.19. The predicted molar refractivity (Wildman–Crippen MR) is 89.8 cm³/mol. The van der Waals surface area contributed by atoms with Gasteiger partial charge in [0.05, 0.1) is 5.56 Å². The number of hydrogen-bond donors (Lipinski definition) is 0. The molecule has 1 nitrogen and oxygen atoms in total. The minimum Gasteiger partial charge on any atom is -0.283 e. The summed E-state index contributed by atoms with van der Waals surface area (Å²) in [6.45, 7) is 12.8. The van der Waals surface area contributed by atoms with Crippen LogP contribution in [0.5, 0.6) is 0 Å². The molecule has 122 valence electrons. The number of halogens is 3. The summed E-state index contributed by atoms with van der Waals surface area (Å²) < 4.78 is 42.5.